The molecule has 0 bridgehead atoms. The van der Waals surface area contributed by atoms with Gasteiger partial charge >= 0.3 is 0 Å². The summed E-state index contributed by atoms with van der Waals surface area (Å²) in [6, 6.07) is 16.2. The Labute approximate surface area is 185 Å². The molecule has 0 amide bonds. The fourth-order valence-corrected chi connectivity index (χ4v) is 3.06. The molecule has 1 aromatic heterocycles. The Kier molecular flexibility index (Phi) is 7.79. The highest BCUT2D eigenvalue weighted by Crippen LogP contribution is 2.22. The van der Waals surface area contributed by atoms with Gasteiger partial charge in [-0.25, -0.2) is 10.4 Å². The summed E-state index contributed by atoms with van der Waals surface area (Å²) in [7, 11) is 0. The Bertz CT molecular complexity index is 1150. The number of ether oxygens (including phenoxy) is 1. The number of H-pyrrole nitrogens is 1. The molecule has 0 fully saturated rings. The van der Waals surface area contributed by atoms with Crippen molar-refractivity contribution in [3.63, 3.8) is 0 Å². The van der Waals surface area contributed by atoms with Gasteiger partial charge in [0.1, 0.15) is 17.4 Å². The van der Waals surface area contributed by atoms with Crippen LogP contribution >= 0.6 is 11.6 Å². The number of aromatic amines is 1. The van der Waals surface area contributed by atoms with Crippen molar-refractivity contribution in [2.24, 2.45) is 5.10 Å². The van der Waals surface area contributed by atoms with Crippen LogP contribution in [-0.4, -0.2) is 22.8 Å². The molecule has 3 rings (SSSR count). The number of benzene rings is 2. The van der Waals surface area contributed by atoms with Crippen molar-refractivity contribution in [2.75, 3.05) is 12.0 Å². The molecule has 0 aliphatic heterocycles. The van der Waals surface area contributed by atoms with E-state index in [0.29, 0.717) is 28.5 Å². The minimum Gasteiger partial charge on any atom is -0.493 e. The van der Waals surface area contributed by atoms with Gasteiger partial charge in [0.2, 0.25) is 5.95 Å². The largest absolute Gasteiger partial charge is 0.493 e. The van der Waals surface area contributed by atoms with Gasteiger partial charge in [0.05, 0.1) is 18.5 Å². The molecule has 0 aliphatic rings. The molecular formula is C23H22ClN5O2. The number of nitrogens with zero attached hydrogens (tertiary/aromatic N) is 3. The highest BCUT2D eigenvalue weighted by atomic mass is 35.5. The summed E-state index contributed by atoms with van der Waals surface area (Å²) in [6.45, 7) is 2.74. The molecule has 0 unspecified atom stereocenters. The van der Waals surface area contributed by atoms with Crippen molar-refractivity contribution >= 4 is 23.8 Å². The van der Waals surface area contributed by atoms with Crippen molar-refractivity contribution in [3.05, 3.63) is 75.0 Å². The van der Waals surface area contributed by atoms with Gasteiger partial charge < -0.3 is 4.74 Å². The molecule has 2 aromatic carbocycles. The van der Waals surface area contributed by atoms with Crippen molar-refractivity contribution in [1.29, 1.82) is 5.26 Å². The third-order valence-corrected chi connectivity index (χ3v) is 4.66. The lowest BCUT2D eigenvalue weighted by Gasteiger charge is -2.09. The van der Waals surface area contributed by atoms with E-state index in [1.165, 1.54) is 0 Å². The molecule has 1 heterocycles. The van der Waals surface area contributed by atoms with Gasteiger partial charge in [0.15, 0.2) is 0 Å². The number of anilines is 1. The predicted octanol–water partition coefficient (Wildman–Crippen LogP) is 4.98. The molecule has 31 heavy (non-hydrogen) atoms. The zero-order valence-electron chi connectivity index (χ0n) is 17.1. The Hall–Kier alpha value is -3.63. The first-order valence-corrected chi connectivity index (χ1v) is 10.3. The van der Waals surface area contributed by atoms with E-state index in [1.54, 1.807) is 36.5 Å². The molecule has 2 N–H and O–H groups in total. The quantitative estimate of drug-likeness (QED) is 0.280. The van der Waals surface area contributed by atoms with E-state index in [1.807, 2.05) is 24.3 Å². The highest BCUT2D eigenvalue weighted by Gasteiger charge is 2.13. The van der Waals surface area contributed by atoms with E-state index in [9.17, 15) is 10.1 Å². The number of nitriles is 1. The van der Waals surface area contributed by atoms with Gasteiger partial charge in [0.25, 0.3) is 5.56 Å². The number of hydrogen-bond donors (Lipinski definition) is 2. The molecule has 0 saturated heterocycles. The second-order valence-electron chi connectivity index (χ2n) is 6.72. The van der Waals surface area contributed by atoms with Crippen LogP contribution in [0.5, 0.6) is 5.75 Å². The van der Waals surface area contributed by atoms with Crippen molar-refractivity contribution in [1.82, 2.24) is 9.97 Å². The number of hydrazone groups is 1. The van der Waals surface area contributed by atoms with Gasteiger partial charge in [-0.2, -0.15) is 10.4 Å². The van der Waals surface area contributed by atoms with Crippen molar-refractivity contribution < 1.29 is 4.74 Å². The SMILES string of the molecule is CCCCCOc1ccc(Cl)cc1C=NNc1nc(-c2ccccc2)c(C#N)c(=O)[nH]1. The Morgan fingerprint density at radius 1 is 1.26 bits per heavy atom. The Morgan fingerprint density at radius 2 is 2.06 bits per heavy atom. The van der Waals surface area contributed by atoms with Crippen molar-refractivity contribution in [2.45, 2.75) is 26.2 Å². The van der Waals surface area contributed by atoms with Crippen LogP contribution in [0.2, 0.25) is 5.02 Å². The topological polar surface area (TPSA) is 103 Å². The van der Waals surface area contributed by atoms with Crippen molar-refractivity contribution in [3.8, 4) is 23.1 Å². The molecule has 0 radical (unpaired) electrons. The summed E-state index contributed by atoms with van der Waals surface area (Å²) in [5, 5.41) is 14.1. The van der Waals surface area contributed by atoms with Crippen LogP contribution in [0.25, 0.3) is 11.3 Å². The zero-order chi connectivity index (χ0) is 22.1. The average Bonchev–Trinajstić information content (AvgIpc) is 2.78. The standard InChI is InChI=1S/C23H22ClN5O2/c1-2-3-7-12-31-20-11-10-18(24)13-17(20)15-26-29-23-27-21(16-8-5-4-6-9-16)19(14-25)22(30)28-23/h4-6,8-11,13,15H,2-3,7,12H2,1H3,(H2,27,28,29,30). The van der Waals surface area contributed by atoms with Gasteiger partial charge in [-0.1, -0.05) is 61.7 Å². The number of hydrogen-bond acceptors (Lipinski definition) is 6. The minimum atomic E-state index is -0.545. The van der Waals surface area contributed by atoms with Crippen LogP contribution in [0.1, 0.15) is 37.3 Å². The maximum absolute atomic E-state index is 12.3. The Balaban J connectivity index is 1.82. The summed E-state index contributed by atoms with van der Waals surface area (Å²) in [6.07, 6.45) is 4.72. The van der Waals surface area contributed by atoms with Gasteiger partial charge in [0, 0.05) is 16.1 Å². The predicted molar refractivity (Wildman–Crippen MR) is 123 cm³/mol. The normalized spacial score (nSPS) is 10.7. The third kappa shape index (κ3) is 5.93. The molecule has 0 saturated carbocycles. The van der Waals surface area contributed by atoms with Gasteiger partial charge in [-0.05, 0) is 24.6 Å². The van der Waals surface area contributed by atoms with E-state index in [0.717, 1.165) is 19.3 Å². The molecule has 8 heteroatoms. The second kappa shape index (κ2) is 11.0. The summed E-state index contributed by atoms with van der Waals surface area (Å²) in [4.78, 5) is 19.2. The average molecular weight is 436 g/mol. The smallest absolute Gasteiger partial charge is 0.270 e. The summed E-state index contributed by atoms with van der Waals surface area (Å²) < 4.78 is 5.84. The molecule has 0 aliphatic carbocycles. The first-order valence-electron chi connectivity index (χ1n) is 9.93. The third-order valence-electron chi connectivity index (χ3n) is 4.43. The van der Waals surface area contributed by atoms with E-state index in [4.69, 9.17) is 16.3 Å². The van der Waals surface area contributed by atoms with E-state index in [-0.39, 0.29) is 17.2 Å². The highest BCUT2D eigenvalue weighted by molar-refractivity contribution is 6.30. The number of nitrogens with one attached hydrogen (secondary N) is 2. The zero-order valence-corrected chi connectivity index (χ0v) is 17.8. The maximum Gasteiger partial charge on any atom is 0.270 e. The fraction of sp³-hybridized carbons (Fsp3) is 0.217. The molecule has 158 valence electrons. The number of rotatable bonds is 9. The molecule has 0 spiro atoms. The van der Waals surface area contributed by atoms with Crippen LogP contribution in [0, 0.1) is 11.3 Å². The van der Waals surface area contributed by atoms with E-state index in [2.05, 4.69) is 27.4 Å². The van der Waals surface area contributed by atoms with Gasteiger partial charge in [-0.15, -0.1) is 0 Å². The first-order chi connectivity index (χ1) is 15.1. The molecule has 0 atom stereocenters. The van der Waals surface area contributed by atoms with Crippen LogP contribution in [-0.2, 0) is 0 Å². The summed E-state index contributed by atoms with van der Waals surface area (Å²) in [5.74, 6) is 0.781. The van der Waals surface area contributed by atoms with E-state index < -0.39 is 5.56 Å². The van der Waals surface area contributed by atoms with Crippen LogP contribution in [0.4, 0.5) is 5.95 Å². The first kappa shape index (κ1) is 22.1. The number of halogens is 1. The summed E-state index contributed by atoms with van der Waals surface area (Å²) >= 11 is 6.11. The Morgan fingerprint density at radius 3 is 2.81 bits per heavy atom. The van der Waals surface area contributed by atoms with Gasteiger partial charge in [-0.3, -0.25) is 9.78 Å². The van der Waals surface area contributed by atoms with Crippen LogP contribution < -0.4 is 15.7 Å². The minimum absolute atomic E-state index is 0.0571. The molecular weight excluding hydrogens is 414 g/mol. The van der Waals surface area contributed by atoms with E-state index >= 15 is 0 Å². The van der Waals surface area contributed by atoms with Crippen LogP contribution in [0.3, 0.4) is 0 Å². The summed E-state index contributed by atoms with van der Waals surface area (Å²) in [5.41, 5.74) is 3.75. The lowest BCUT2D eigenvalue weighted by molar-refractivity contribution is 0.306. The second-order valence-corrected chi connectivity index (χ2v) is 7.16. The lowest BCUT2D eigenvalue weighted by atomic mass is 10.1. The number of unbranched alkanes of at least 4 members (excludes halogenated alkanes) is 2. The van der Waals surface area contributed by atoms with Crippen LogP contribution in [0.15, 0.2) is 58.4 Å². The fourth-order valence-electron chi connectivity index (χ4n) is 2.88. The monoisotopic (exact) mass is 435 g/mol. The lowest BCUT2D eigenvalue weighted by Crippen LogP contribution is -2.16. The maximum atomic E-state index is 12.3. The molecule has 7 nitrogen and oxygen atoms in total. The number of aromatic nitrogens is 2. The molecule has 3 aromatic rings.